The molecule has 0 aliphatic carbocycles. The summed E-state index contributed by atoms with van der Waals surface area (Å²) in [6.07, 6.45) is 0.262. The van der Waals surface area contributed by atoms with E-state index in [0.29, 0.717) is 0 Å². The first kappa shape index (κ1) is 25.6. The van der Waals surface area contributed by atoms with Crippen molar-refractivity contribution in [2.45, 2.75) is 53.8 Å². The predicted molar refractivity (Wildman–Crippen MR) is 161 cm³/mol. The molecule has 38 heavy (non-hydrogen) atoms. The number of benzene rings is 5. The molecule has 0 unspecified atom stereocenters. The molecular formula is C36H36O2. The van der Waals surface area contributed by atoms with E-state index in [1.165, 1.54) is 44.2 Å². The van der Waals surface area contributed by atoms with Gasteiger partial charge in [-0.25, -0.2) is 0 Å². The molecule has 0 saturated heterocycles. The number of hydrogen-bond donors (Lipinski definition) is 0. The van der Waals surface area contributed by atoms with Crippen LogP contribution in [0.25, 0.3) is 44.2 Å². The molecule has 0 amide bonds. The minimum absolute atomic E-state index is 0.131. The lowest BCUT2D eigenvalue weighted by Gasteiger charge is -2.18. The van der Waals surface area contributed by atoms with Crippen molar-refractivity contribution in [2.75, 3.05) is 0 Å². The standard InChI is InChI=1S/C36H36O2/c1-23(2)37-35-18-10-15-29(25(35)5)32-14-8-7-13-31(32)28-21-20-27-12-9-17-33(34(27)22-28)30-16-11-19-36(26(30)6)38-24(3)4/h7-24H,1-6H3. The highest BCUT2D eigenvalue weighted by atomic mass is 16.5. The molecule has 0 bridgehead atoms. The predicted octanol–water partition coefficient (Wildman–Crippen LogP) is 10.0. The van der Waals surface area contributed by atoms with Crippen LogP contribution in [0, 0.1) is 13.8 Å². The third kappa shape index (κ3) is 5.04. The minimum atomic E-state index is 0.131. The van der Waals surface area contributed by atoms with E-state index < -0.39 is 0 Å². The smallest absolute Gasteiger partial charge is 0.123 e. The van der Waals surface area contributed by atoms with Crippen LogP contribution in [0.15, 0.2) is 97.1 Å². The van der Waals surface area contributed by atoms with Crippen LogP contribution in [-0.4, -0.2) is 12.2 Å². The molecule has 0 radical (unpaired) electrons. The summed E-state index contributed by atoms with van der Waals surface area (Å²) in [6, 6.07) is 34.7. The van der Waals surface area contributed by atoms with Crippen molar-refractivity contribution < 1.29 is 9.47 Å². The quantitative estimate of drug-likeness (QED) is 0.221. The zero-order valence-corrected chi connectivity index (χ0v) is 23.2. The van der Waals surface area contributed by atoms with E-state index >= 15 is 0 Å². The lowest BCUT2D eigenvalue weighted by Crippen LogP contribution is -2.07. The highest BCUT2D eigenvalue weighted by Gasteiger charge is 2.15. The van der Waals surface area contributed by atoms with Gasteiger partial charge in [0.2, 0.25) is 0 Å². The summed E-state index contributed by atoms with van der Waals surface area (Å²) in [7, 11) is 0. The molecule has 0 heterocycles. The normalized spacial score (nSPS) is 11.4. The van der Waals surface area contributed by atoms with E-state index in [-0.39, 0.29) is 12.2 Å². The molecule has 0 atom stereocenters. The summed E-state index contributed by atoms with van der Waals surface area (Å²) in [4.78, 5) is 0. The van der Waals surface area contributed by atoms with Gasteiger partial charge in [0.05, 0.1) is 12.2 Å². The molecule has 5 aromatic carbocycles. The van der Waals surface area contributed by atoms with Crippen molar-refractivity contribution >= 4 is 10.8 Å². The maximum Gasteiger partial charge on any atom is 0.123 e. The summed E-state index contributed by atoms with van der Waals surface area (Å²) in [5, 5.41) is 2.46. The Balaban J connectivity index is 1.66. The van der Waals surface area contributed by atoms with Crippen molar-refractivity contribution in [3.05, 3.63) is 108 Å². The Kier molecular flexibility index (Phi) is 7.24. The first-order chi connectivity index (χ1) is 18.3. The third-order valence-corrected chi connectivity index (χ3v) is 6.99. The van der Waals surface area contributed by atoms with Gasteiger partial charge in [0.1, 0.15) is 11.5 Å². The van der Waals surface area contributed by atoms with Gasteiger partial charge in [-0.2, -0.15) is 0 Å². The molecule has 5 rings (SSSR count). The summed E-state index contributed by atoms with van der Waals surface area (Å²) in [5.41, 5.74) is 9.56. The van der Waals surface area contributed by atoms with Gasteiger partial charge in [-0.3, -0.25) is 0 Å². The Morgan fingerprint density at radius 1 is 0.474 bits per heavy atom. The average Bonchev–Trinajstić information content (AvgIpc) is 2.90. The molecule has 5 aromatic rings. The monoisotopic (exact) mass is 500 g/mol. The summed E-state index contributed by atoms with van der Waals surface area (Å²) in [6.45, 7) is 12.6. The van der Waals surface area contributed by atoms with Crippen LogP contribution in [0.1, 0.15) is 38.8 Å². The fourth-order valence-corrected chi connectivity index (χ4v) is 5.22. The molecule has 0 spiro atoms. The molecule has 0 fully saturated rings. The fraction of sp³-hybridized carbons (Fsp3) is 0.222. The molecule has 0 saturated carbocycles. The maximum absolute atomic E-state index is 6.11. The van der Waals surface area contributed by atoms with Crippen LogP contribution in [0.4, 0.5) is 0 Å². The molecule has 0 aliphatic heterocycles. The lowest BCUT2D eigenvalue weighted by atomic mass is 9.89. The highest BCUT2D eigenvalue weighted by molar-refractivity contribution is 6.01. The van der Waals surface area contributed by atoms with E-state index in [1.807, 2.05) is 0 Å². The van der Waals surface area contributed by atoms with E-state index in [4.69, 9.17) is 9.47 Å². The van der Waals surface area contributed by atoms with Crippen molar-refractivity contribution in [3.8, 4) is 44.9 Å². The van der Waals surface area contributed by atoms with Crippen LogP contribution in [0.5, 0.6) is 11.5 Å². The number of fused-ring (bicyclic) bond motifs is 1. The number of hydrogen-bond acceptors (Lipinski definition) is 2. The Morgan fingerprint density at radius 2 is 0.974 bits per heavy atom. The Hall–Kier alpha value is -4.04. The molecule has 2 nitrogen and oxygen atoms in total. The van der Waals surface area contributed by atoms with Gasteiger partial charge in [0.25, 0.3) is 0 Å². The Bertz CT molecular complexity index is 1590. The second-order valence-electron chi connectivity index (χ2n) is 10.5. The van der Waals surface area contributed by atoms with Crippen LogP contribution >= 0.6 is 0 Å². The topological polar surface area (TPSA) is 18.5 Å². The first-order valence-electron chi connectivity index (χ1n) is 13.5. The highest BCUT2D eigenvalue weighted by Crippen LogP contribution is 2.40. The second kappa shape index (κ2) is 10.8. The van der Waals surface area contributed by atoms with E-state index in [1.54, 1.807) is 0 Å². The Morgan fingerprint density at radius 3 is 1.58 bits per heavy atom. The van der Waals surface area contributed by atoms with Crippen LogP contribution in [0.2, 0.25) is 0 Å². The molecule has 0 N–H and O–H groups in total. The van der Waals surface area contributed by atoms with Gasteiger partial charge in [0, 0.05) is 0 Å². The van der Waals surface area contributed by atoms with E-state index in [0.717, 1.165) is 22.6 Å². The zero-order valence-electron chi connectivity index (χ0n) is 23.2. The zero-order chi connectivity index (χ0) is 26.8. The van der Waals surface area contributed by atoms with Gasteiger partial charge in [-0.05, 0) is 115 Å². The average molecular weight is 501 g/mol. The number of ether oxygens (including phenoxy) is 2. The van der Waals surface area contributed by atoms with Crippen LogP contribution in [0.3, 0.4) is 0 Å². The van der Waals surface area contributed by atoms with Gasteiger partial charge in [-0.15, -0.1) is 0 Å². The lowest BCUT2D eigenvalue weighted by molar-refractivity contribution is 0.240. The molecule has 0 aliphatic rings. The molecule has 0 aromatic heterocycles. The van der Waals surface area contributed by atoms with Crippen LogP contribution in [-0.2, 0) is 0 Å². The van der Waals surface area contributed by atoms with E-state index in [2.05, 4.69) is 139 Å². The third-order valence-electron chi connectivity index (χ3n) is 6.99. The summed E-state index contributed by atoms with van der Waals surface area (Å²) in [5.74, 6) is 1.88. The van der Waals surface area contributed by atoms with Crippen molar-refractivity contribution in [3.63, 3.8) is 0 Å². The summed E-state index contributed by atoms with van der Waals surface area (Å²) < 4.78 is 12.2. The van der Waals surface area contributed by atoms with Crippen molar-refractivity contribution in [1.82, 2.24) is 0 Å². The second-order valence-corrected chi connectivity index (χ2v) is 10.5. The SMILES string of the molecule is Cc1c(OC(C)C)cccc1-c1ccccc1-c1ccc2cccc(-c3cccc(OC(C)C)c3C)c2c1. The number of rotatable bonds is 7. The van der Waals surface area contributed by atoms with Crippen molar-refractivity contribution in [1.29, 1.82) is 0 Å². The van der Waals surface area contributed by atoms with E-state index in [9.17, 15) is 0 Å². The fourth-order valence-electron chi connectivity index (χ4n) is 5.22. The van der Waals surface area contributed by atoms with Gasteiger partial charge in [0.15, 0.2) is 0 Å². The largest absolute Gasteiger partial charge is 0.491 e. The minimum Gasteiger partial charge on any atom is -0.491 e. The molecular weight excluding hydrogens is 464 g/mol. The summed E-state index contributed by atoms with van der Waals surface area (Å²) >= 11 is 0. The Labute approximate surface area is 226 Å². The maximum atomic E-state index is 6.11. The molecule has 192 valence electrons. The van der Waals surface area contributed by atoms with Gasteiger partial charge < -0.3 is 9.47 Å². The molecule has 2 heteroatoms. The first-order valence-corrected chi connectivity index (χ1v) is 13.5. The van der Waals surface area contributed by atoms with Gasteiger partial charge >= 0.3 is 0 Å². The van der Waals surface area contributed by atoms with Crippen LogP contribution < -0.4 is 9.47 Å². The van der Waals surface area contributed by atoms with Crippen molar-refractivity contribution in [2.24, 2.45) is 0 Å². The van der Waals surface area contributed by atoms with Gasteiger partial charge in [-0.1, -0.05) is 78.9 Å².